The van der Waals surface area contributed by atoms with Crippen molar-refractivity contribution in [2.75, 3.05) is 16.7 Å². The summed E-state index contributed by atoms with van der Waals surface area (Å²) in [6, 6.07) is 25.4. The van der Waals surface area contributed by atoms with Gasteiger partial charge >= 0.3 is 0 Å². The Bertz CT molecular complexity index is 1880. The van der Waals surface area contributed by atoms with Crippen molar-refractivity contribution in [1.82, 2.24) is 24.4 Å². The summed E-state index contributed by atoms with van der Waals surface area (Å²) in [5.74, 6) is 0.344. The number of hydrogen-bond donors (Lipinski definition) is 2. The molecular formula is C27H23N7O2S. The number of nitrogen functional groups attached to an aromatic ring is 1. The Labute approximate surface area is 213 Å². The van der Waals surface area contributed by atoms with E-state index in [4.69, 9.17) is 10.8 Å². The van der Waals surface area contributed by atoms with Gasteiger partial charge in [-0.05, 0) is 35.4 Å². The smallest absolute Gasteiger partial charge is 0.229 e. The summed E-state index contributed by atoms with van der Waals surface area (Å²) < 4.78 is 29.7. The SMILES string of the molecule is CS(=O)(=O)Nc1cccc(-c2cc(-c3ccc4cn(Cc5ccccc5)nc4c3)c3c(N)ncnn23)c1. The molecule has 3 aromatic carbocycles. The van der Waals surface area contributed by atoms with Crippen LogP contribution in [0.1, 0.15) is 5.56 Å². The summed E-state index contributed by atoms with van der Waals surface area (Å²) in [6.07, 6.45) is 4.56. The fraction of sp³-hybridized carbons (Fsp3) is 0.0741. The van der Waals surface area contributed by atoms with Crippen LogP contribution < -0.4 is 10.5 Å². The second-order valence-corrected chi connectivity index (χ2v) is 10.6. The standard InChI is InChI=1S/C27H23N7O2S/c1-37(35,36)32-22-9-5-8-20(12-22)25-14-23(26-27(28)29-17-30-34(25)26)19-10-11-21-16-33(31-24(21)13-19)15-18-6-3-2-4-7-18/h2-14,16-17,32H,15H2,1H3,(H2,28,29,30). The van der Waals surface area contributed by atoms with E-state index in [1.165, 1.54) is 11.9 Å². The third-order valence-corrected chi connectivity index (χ3v) is 6.70. The molecule has 10 heteroatoms. The predicted molar refractivity (Wildman–Crippen MR) is 146 cm³/mol. The predicted octanol–water partition coefficient (Wildman–Crippen LogP) is 4.42. The number of fused-ring (bicyclic) bond motifs is 2. The van der Waals surface area contributed by atoms with E-state index in [-0.39, 0.29) is 0 Å². The first-order chi connectivity index (χ1) is 17.8. The van der Waals surface area contributed by atoms with Crippen molar-refractivity contribution in [3.8, 4) is 22.4 Å². The summed E-state index contributed by atoms with van der Waals surface area (Å²) in [7, 11) is -3.41. The largest absolute Gasteiger partial charge is 0.382 e. The van der Waals surface area contributed by atoms with Crippen LogP contribution in [-0.4, -0.2) is 39.1 Å². The lowest BCUT2D eigenvalue weighted by molar-refractivity contribution is 0.607. The number of anilines is 2. The van der Waals surface area contributed by atoms with E-state index in [0.717, 1.165) is 39.5 Å². The zero-order chi connectivity index (χ0) is 25.6. The normalized spacial score (nSPS) is 11.8. The van der Waals surface area contributed by atoms with Gasteiger partial charge in [-0.1, -0.05) is 54.6 Å². The Hall–Kier alpha value is -4.70. The van der Waals surface area contributed by atoms with Crippen molar-refractivity contribution in [3.63, 3.8) is 0 Å². The van der Waals surface area contributed by atoms with Gasteiger partial charge in [-0.25, -0.2) is 17.9 Å². The average Bonchev–Trinajstić information content (AvgIpc) is 3.45. The molecule has 9 nitrogen and oxygen atoms in total. The molecule has 0 aliphatic heterocycles. The van der Waals surface area contributed by atoms with Gasteiger partial charge in [0.2, 0.25) is 10.0 Å². The van der Waals surface area contributed by atoms with Gasteiger partial charge in [0.1, 0.15) is 11.8 Å². The van der Waals surface area contributed by atoms with Crippen molar-refractivity contribution in [3.05, 3.63) is 97.0 Å². The van der Waals surface area contributed by atoms with Gasteiger partial charge in [0.15, 0.2) is 5.82 Å². The van der Waals surface area contributed by atoms with E-state index >= 15 is 0 Å². The molecule has 0 fully saturated rings. The molecule has 6 rings (SSSR count). The summed E-state index contributed by atoms with van der Waals surface area (Å²) in [4.78, 5) is 4.21. The Kier molecular flexibility index (Phi) is 5.38. The van der Waals surface area contributed by atoms with E-state index in [9.17, 15) is 8.42 Å². The lowest BCUT2D eigenvalue weighted by Gasteiger charge is -2.07. The fourth-order valence-corrected chi connectivity index (χ4v) is 5.09. The maximum Gasteiger partial charge on any atom is 0.229 e. The quantitative estimate of drug-likeness (QED) is 0.343. The number of nitrogens with one attached hydrogen (secondary N) is 1. The van der Waals surface area contributed by atoms with Gasteiger partial charge < -0.3 is 5.73 Å². The van der Waals surface area contributed by atoms with Crippen LogP contribution in [0.3, 0.4) is 0 Å². The maximum absolute atomic E-state index is 11.7. The van der Waals surface area contributed by atoms with E-state index in [1.54, 1.807) is 22.7 Å². The summed E-state index contributed by atoms with van der Waals surface area (Å²) in [6.45, 7) is 0.683. The molecule has 0 saturated carbocycles. The highest BCUT2D eigenvalue weighted by atomic mass is 32.2. The van der Waals surface area contributed by atoms with Gasteiger partial charge in [-0.15, -0.1) is 0 Å². The molecule has 0 spiro atoms. The summed E-state index contributed by atoms with van der Waals surface area (Å²) in [5, 5.41) is 10.3. The minimum Gasteiger partial charge on any atom is -0.382 e. The molecule has 3 aromatic heterocycles. The highest BCUT2D eigenvalue weighted by Crippen LogP contribution is 2.36. The van der Waals surface area contributed by atoms with Crippen LogP contribution in [0.5, 0.6) is 0 Å². The lowest BCUT2D eigenvalue weighted by atomic mass is 10.0. The molecule has 0 amide bonds. The Morgan fingerprint density at radius 2 is 1.78 bits per heavy atom. The number of sulfonamides is 1. The van der Waals surface area contributed by atoms with Gasteiger partial charge in [0.05, 0.1) is 24.0 Å². The van der Waals surface area contributed by atoms with E-state index in [2.05, 4.69) is 26.9 Å². The van der Waals surface area contributed by atoms with Crippen LogP contribution in [0.2, 0.25) is 0 Å². The molecule has 0 unspecified atom stereocenters. The van der Waals surface area contributed by atoms with Crippen LogP contribution >= 0.6 is 0 Å². The molecule has 3 heterocycles. The molecule has 37 heavy (non-hydrogen) atoms. The van der Waals surface area contributed by atoms with Crippen LogP contribution in [0.15, 0.2) is 91.4 Å². The molecule has 6 aromatic rings. The summed E-state index contributed by atoms with van der Waals surface area (Å²) in [5.41, 5.74) is 12.8. The maximum atomic E-state index is 11.7. The van der Waals surface area contributed by atoms with Crippen molar-refractivity contribution in [2.24, 2.45) is 0 Å². The Morgan fingerprint density at radius 1 is 0.946 bits per heavy atom. The van der Waals surface area contributed by atoms with Gasteiger partial charge in [0.25, 0.3) is 0 Å². The highest BCUT2D eigenvalue weighted by Gasteiger charge is 2.18. The van der Waals surface area contributed by atoms with Crippen molar-refractivity contribution in [1.29, 1.82) is 0 Å². The van der Waals surface area contributed by atoms with E-state index in [0.29, 0.717) is 23.6 Å². The zero-order valence-electron chi connectivity index (χ0n) is 19.9. The molecule has 184 valence electrons. The van der Waals surface area contributed by atoms with Crippen LogP contribution in [-0.2, 0) is 16.6 Å². The Balaban J connectivity index is 1.45. The van der Waals surface area contributed by atoms with Gasteiger partial charge in [-0.2, -0.15) is 10.2 Å². The molecular weight excluding hydrogens is 486 g/mol. The molecule has 0 atom stereocenters. The molecule has 0 aliphatic carbocycles. The number of rotatable bonds is 6. The van der Waals surface area contributed by atoms with Crippen molar-refractivity contribution >= 4 is 37.9 Å². The van der Waals surface area contributed by atoms with Gasteiger partial charge in [0, 0.05) is 28.4 Å². The molecule has 3 N–H and O–H groups in total. The minimum absolute atomic E-state index is 0.344. The second kappa shape index (κ2) is 8.75. The molecule has 0 aliphatic rings. The zero-order valence-corrected chi connectivity index (χ0v) is 20.7. The molecule has 0 saturated heterocycles. The van der Waals surface area contributed by atoms with E-state index < -0.39 is 10.0 Å². The van der Waals surface area contributed by atoms with Crippen LogP contribution in [0, 0.1) is 0 Å². The number of aromatic nitrogens is 5. The fourth-order valence-electron chi connectivity index (χ4n) is 4.54. The first kappa shape index (κ1) is 22.7. The third kappa shape index (κ3) is 4.50. The first-order valence-electron chi connectivity index (χ1n) is 11.6. The Morgan fingerprint density at radius 3 is 2.59 bits per heavy atom. The van der Waals surface area contributed by atoms with E-state index in [1.807, 2.05) is 59.4 Å². The topological polar surface area (TPSA) is 120 Å². The third-order valence-electron chi connectivity index (χ3n) is 6.10. The number of nitrogens with zero attached hydrogens (tertiary/aromatic N) is 5. The number of nitrogens with two attached hydrogens (primary N) is 1. The number of benzene rings is 3. The molecule has 0 bridgehead atoms. The van der Waals surface area contributed by atoms with Crippen molar-refractivity contribution in [2.45, 2.75) is 6.54 Å². The first-order valence-corrected chi connectivity index (χ1v) is 13.5. The van der Waals surface area contributed by atoms with Crippen molar-refractivity contribution < 1.29 is 8.42 Å². The van der Waals surface area contributed by atoms with Crippen LogP contribution in [0.4, 0.5) is 11.5 Å². The minimum atomic E-state index is -3.41. The number of hydrogen-bond acceptors (Lipinski definition) is 6. The van der Waals surface area contributed by atoms with Gasteiger partial charge in [-0.3, -0.25) is 9.40 Å². The lowest BCUT2D eigenvalue weighted by Crippen LogP contribution is -2.09. The summed E-state index contributed by atoms with van der Waals surface area (Å²) >= 11 is 0. The average molecular weight is 510 g/mol. The van der Waals surface area contributed by atoms with Crippen LogP contribution in [0.25, 0.3) is 38.8 Å². The monoisotopic (exact) mass is 509 g/mol. The highest BCUT2D eigenvalue weighted by molar-refractivity contribution is 7.92. The second-order valence-electron chi connectivity index (χ2n) is 8.89. The molecule has 0 radical (unpaired) electrons.